The predicted molar refractivity (Wildman–Crippen MR) is 108 cm³/mol. The highest BCUT2D eigenvalue weighted by Crippen LogP contribution is 2.24. The van der Waals surface area contributed by atoms with Crippen molar-refractivity contribution in [3.8, 4) is 0 Å². The lowest BCUT2D eigenvalue weighted by Gasteiger charge is -2.25. The fourth-order valence-electron chi connectivity index (χ4n) is 2.44. The topological polar surface area (TPSA) is 61.6 Å². The van der Waals surface area contributed by atoms with Crippen molar-refractivity contribution in [2.75, 3.05) is 27.2 Å². The summed E-state index contributed by atoms with van der Waals surface area (Å²) in [5, 5.41) is 3.90. The number of oxazole rings is 1. The average molecular weight is 413 g/mol. The minimum absolute atomic E-state index is 0.229. The maximum absolute atomic E-state index is 12.1. The fourth-order valence-corrected chi connectivity index (χ4v) is 2.76. The Balaban J connectivity index is 1.99. The number of halogens is 2. The first kappa shape index (κ1) is 21.7. The molecule has 2 aromatic rings. The molecule has 1 N–H and O–H groups in total. The van der Waals surface area contributed by atoms with Crippen LogP contribution in [0.5, 0.6) is 0 Å². The Bertz CT molecular complexity index is 762. The summed E-state index contributed by atoms with van der Waals surface area (Å²) in [4.78, 5) is 20.6. The lowest BCUT2D eigenvalue weighted by atomic mass is 10.2. The minimum Gasteiger partial charge on any atom is -0.447 e. The number of hydrogen-bond donors (Lipinski definition) is 1. The molecule has 0 bridgehead atoms. The second-order valence-electron chi connectivity index (χ2n) is 6.93. The fraction of sp³-hybridized carbons (Fsp3) is 0.474. The van der Waals surface area contributed by atoms with Crippen LogP contribution in [0.1, 0.15) is 35.8 Å². The van der Waals surface area contributed by atoms with E-state index in [1.54, 1.807) is 6.07 Å². The first-order chi connectivity index (χ1) is 12.8. The summed E-state index contributed by atoms with van der Waals surface area (Å²) in [6, 6.07) is 5.85. The molecule has 2 rings (SSSR count). The normalized spacial score (nSPS) is 11.6. The molecule has 1 aromatic carbocycles. The quantitative estimate of drug-likeness (QED) is 0.680. The number of carbonyl (C=O) groups excluding carboxylic acids is 1. The summed E-state index contributed by atoms with van der Waals surface area (Å²) in [6.07, 6.45) is 1.40. The molecule has 0 saturated heterocycles. The Morgan fingerprint density at radius 3 is 2.59 bits per heavy atom. The van der Waals surface area contributed by atoms with Gasteiger partial charge in [-0.3, -0.25) is 9.69 Å². The number of rotatable bonds is 9. The summed E-state index contributed by atoms with van der Waals surface area (Å²) >= 11 is 12.1. The van der Waals surface area contributed by atoms with Crippen LogP contribution in [0.25, 0.3) is 0 Å². The predicted octanol–water partition coefficient (Wildman–Crippen LogP) is 3.68. The standard InChI is InChI=1S/C19H26Cl2N4O2/c1-13(2)25(10-14-5-6-15(20)16(21)9-14)11-18-23-17(12-27-18)19(26)22-7-8-24(3)4/h5-6,9,12-13H,7-8,10-11H2,1-4H3,(H,22,26). The summed E-state index contributed by atoms with van der Waals surface area (Å²) in [5.41, 5.74) is 1.34. The highest BCUT2D eigenvalue weighted by molar-refractivity contribution is 6.42. The van der Waals surface area contributed by atoms with Crippen LogP contribution < -0.4 is 5.32 Å². The summed E-state index contributed by atoms with van der Waals surface area (Å²) in [7, 11) is 3.91. The third-order valence-electron chi connectivity index (χ3n) is 4.07. The molecule has 0 atom stereocenters. The number of amides is 1. The summed E-state index contributed by atoms with van der Waals surface area (Å²) in [6.45, 7) is 6.67. The molecular weight excluding hydrogens is 387 g/mol. The molecular formula is C19H26Cl2N4O2. The number of likely N-dealkylation sites (N-methyl/N-ethyl adjacent to an activating group) is 1. The van der Waals surface area contributed by atoms with Gasteiger partial charge in [-0.05, 0) is 45.6 Å². The Labute approximate surface area is 170 Å². The van der Waals surface area contributed by atoms with Gasteiger partial charge in [-0.2, -0.15) is 0 Å². The molecule has 0 saturated carbocycles. The third kappa shape index (κ3) is 6.81. The second kappa shape index (κ2) is 10.1. The van der Waals surface area contributed by atoms with Gasteiger partial charge in [0.25, 0.3) is 5.91 Å². The Kier molecular flexibility index (Phi) is 8.10. The average Bonchev–Trinajstić information content (AvgIpc) is 3.05. The Hall–Kier alpha value is -1.60. The van der Waals surface area contributed by atoms with E-state index in [1.165, 1.54) is 6.26 Å². The van der Waals surface area contributed by atoms with E-state index >= 15 is 0 Å². The van der Waals surface area contributed by atoms with E-state index in [4.69, 9.17) is 27.6 Å². The Morgan fingerprint density at radius 2 is 1.96 bits per heavy atom. The molecule has 0 aliphatic rings. The van der Waals surface area contributed by atoms with Gasteiger partial charge in [-0.15, -0.1) is 0 Å². The van der Waals surface area contributed by atoms with Gasteiger partial charge in [0, 0.05) is 25.7 Å². The molecule has 1 amide bonds. The number of nitrogens with zero attached hydrogens (tertiary/aromatic N) is 3. The molecule has 0 aliphatic heterocycles. The van der Waals surface area contributed by atoms with E-state index in [1.807, 2.05) is 31.1 Å². The van der Waals surface area contributed by atoms with Crippen LogP contribution in [-0.4, -0.2) is 53.9 Å². The van der Waals surface area contributed by atoms with Crippen molar-refractivity contribution in [3.63, 3.8) is 0 Å². The zero-order valence-corrected chi connectivity index (χ0v) is 17.6. The van der Waals surface area contributed by atoms with Crippen LogP contribution in [0.3, 0.4) is 0 Å². The highest BCUT2D eigenvalue weighted by atomic mass is 35.5. The van der Waals surface area contributed by atoms with Crippen molar-refractivity contribution >= 4 is 29.1 Å². The molecule has 27 heavy (non-hydrogen) atoms. The second-order valence-corrected chi connectivity index (χ2v) is 7.75. The monoisotopic (exact) mass is 412 g/mol. The van der Waals surface area contributed by atoms with Gasteiger partial charge in [-0.25, -0.2) is 4.98 Å². The van der Waals surface area contributed by atoms with Gasteiger partial charge >= 0.3 is 0 Å². The molecule has 148 valence electrons. The SMILES string of the molecule is CC(C)N(Cc1ccc(Cl)c(Cl)c1)Cc1nc(C(=O)NCCN(C)C)co1. The van der Waals surface area contributed by atoms with Gasteiger partial charge in [0.15, 0.2) is 5.69 Å². The number of nitrogens with one attached hydrogen (secondary N) is 1. The number of hydrogen-bond acceptors (Lipinski definition) is 5. The molecule has 0 radical (unpaired) electrons. The first-order valence-corrected chi connectivity index (χ1v) is 9.57. The van der Waals surface area contributed by atoms with Crippen LogP contribution in [0.15, 0.2) is 28.9 Å². The Morgan fingerprint density at radius 1 is 1.22 bits per heavy atom. The van der Waals surface area contributed by atoms with E-state index in [-0.39, 0.29) is 11.9 Å². The van der Waals surface area contributed by atoms with Gasteiger partial charge in [0.05, 0.1) is 16.6 Å². The summed E-state index contributed by atoms with van der Waals surface area (Å²) in [5.74, 6) is 0.272. The lowest BCUT2D eigenvalue weighted by Crippen LogP contribution is -2.32. The molecule has 8 heteroatoms. The van der Waals surface area contributed by atoms with Crippen molar-refractivity contribution in [1.29, 1.82) is 0 Å². The van der Waals surface area contributed by atoms with Crippen molar-refractivity contribution in [2.45, 2.75) is 33.0 Å². The van der Waals surface area contributed by atoms with E-state index in [2.05, 4.69) is 29.0 Å². The van der Waals surface area contributed by atoms with Gasteiger partial charge in [0.2, 0.25) is 5.89 Å². The first-order valence-electron chi connectivity index (χ1n) is 8.81. The molecule has 1 aromatic heterocycles. The molecule has 0 unspecified atom stereocenters. The molecule has 0 spiro atoms. The third-order valence-corrected chi connectivity index (χ3v) is 4.81. The van der Waals surface area contributed by atoms with Gasteiger partial charge in [0.1, 0.15) is 6.26 Å². The largest absolute Gasteiger partial charge is 0.447 e. The number of benzene rings is 1. The van der Waals surface area contributed by atoms with Crippen LogP contribution in [-0.2, 0) is 13.1 Å². The molecule has 0 aliphatic carbocycles. The highest BCUT2D eigenvalue weighted by Gasteiger charge is 2.17. The van der Waals surface area contributed by atoms with Crippen LogP contribution in [0.4, 0.5) is 0 Å². The number of aromatic nitrogens is 1. The zero-order valence-electron chi connectivity index (χ0n) is 16.1. The lowest BCUT2D eigenvalue weighted by molar-refractivity contribution is 0.0946. The number of carbonyl (C=O) groups is 1. The van der Waals surface area contributed by atoms with Gasteiger partial charge < -0.3 is 14.6 Å². The van der Waals surface area contributed by atoms with Crippen molar-refractivity contribution in [3.05, 3.63) is 51.7 Å². The smallest absolute Gasteiger partial charge is 0.273 e. The van der Waals surface area contributed by atoms with E-state index in [9.17, 15) is 4.79 Å². The van der Waals surface area contributed by atoms with Crippen LogP contribution in [0, 0.1) is 0 Å². The van der Waals surface area contributed by atoms with Crippen molar-refractivity contribution < 1.29 is 9.21 Å². The minimum atomic E-state index is -0.229. The van der Waals surface area contributed by atoms with E-state index in [0.717, 1.165) is 12.1 Å². The maximum Gasteiger partial charge on any atom is 0.273 e. The van der Waals surface area contributed by atoms with Crippen molar-refractivity contribution in [1.82, 2.24) is 20.1 Å². The zero-order chi connectivity index (χ0) is 20.0. The van der Waals surface area contributed by atoms with Crippen LogP contribution >= 0.6 is 23.2 Å². The maximum atomic E-state index is 12.1. The molecule has 0 fully saturated rings. The van der Waals surface area contributed by atoms with E-state index in [0.29, 0.717) is 41.3 Å². The van der Waals surface area contributed by atoms with E-state index < -0.39 is 0 Å². The summed E-state index contributed by atoms with van der Waals surface area (Å²) < 4.78 is 5.50. The van der Waals surface area contributed by atoms with Crippen LogP contribution in [0.2, 0.25) is 10.0 Å². The van der Waals surface area contributed by atoms with Gasteiger partial charge in [-0.1, -0.05) is 29.3 Å². The van der Waals surface area contributed by atoms with Crippen molar-refractivity contribution in [2.24, 2.45) is 0 Å². The molecule has 6 nitrogen and oxygen atoms in total. The molecule has 1 heterocycles.